The Morgan fingerprint density at radius 1 is 1.25 bits per heavy atom. The van der Waals surface area contributed by atoms with Crippen LogP contribution in [0.5, 0.6) is 0 Å². The molecule has 3 nitrogen and oxygen atoms in total. The predicted octanol–water partition coefficient (Wildman–Crippen LogP) is 1.91. The van der Waals surface area contributed by atoms with Crippen LogP contribution in [0.2, 0.25) is 0 Å². The highest BCUT2D eigenvalue weighted by Gasteiger charge is 2.26. The maximum Gasteiger partial charge on any atom is 0.225 e. The van der Waals surface area contributed by atoms with Gasteiger partial charge in [0.05, 0.1) is 0 Å². The molecular formula is C13H26N2O. The fourth-order valence-corrected chi connectivity index (χ4v) is 2.35. The summed E-state index contributed by atoms with van der Waals surface area (Å²) in [7, 11) is 0. The molecule has 2 atom stereocenters. The molecule has 0 heterocycles. The van der Waals surface area contributed by atoms with Crippen molar-refractivity contribution in [1.82, 2.24) is 5.32 Å². The van der Waals surface area contributed by atoms with Crippen LogP contribution < -0.4 is 11.1 Å². The van der Waals surface area contributed by atoms with Crippen LogP contribution in [0, 0.1) is 17.3 Å². The highest BCUT2D eigenvalue weighted by molar-refractivity contribution is 5.81. The Balaban J connectivity index is 2.38. The van der Waals surface area contributed by atoms with E-state index in [0.29, 0.717) is 11.8 Å². The van der Waals surface area contributed by atoms with Crippen molar-refractivity contribution in [1.29, 1.82) is 0 Å². The molecule has 1 rings (SSSR count). The fraction of sp³-hybridized carbons (Fsp3) is 0.923. The summed E-state index contributed by atoms with van der Waals surface area (Å²) in [6.45, 7) is 7.41. The van der Waals surface area contributed by atoms with Crippen LogP contribution in [0.15, 0.2) is 0 Å². The molecular weight excluding hydrogens is 200 g/mol. The minimum atomic E-state index is -0.285. The van der Waals surface area contributed by atoms with E-state index < -0.39 is 0 Å². The molecule has 0 radical (unpaired) electrons. The number of hydrogen-bond acceptors (Lipinski definition) is 2. The summed E-state index contributed by atoms with van der Waals surface area (Å²) in [5, 5.41) is 3.06. The molecule has 94 valence electrons. The standard InChI is InChI=1S/C13H26N2O/c1-13(2,3)12(16)15-9-11-7-5-4-6-10(11)8-14/h10-11H,4-9,14H2,1-3H3,(H,15,16). The van der Waals surface area contributed by atoms with Crippen molar-refractivity contribution in [2.75, 3.05) is 13.1 Å². The zero-order valence-electron chi connectivity index (χ0n) is 10.9. The first kappa shape index (κ1) is 13.5. The molecule has 0 aliphatic heterocycles. The molecule has 1 amide bonds. The van der Waals surface area contributed by atoms with E-state index in [-0.39, 0.29) is 11.3 Å². The molecule has 0 aromatic carbocycles. The molecule has 0 aromatic rings. The number of carbonyl (C=O) groups excluding carboxylic acids is 1. The molecule has 0 bridgehead atoms. The number of nitrogens with one attached hydrogen (secondary N) is 1. The van der Waals surface area contributed by atoms with Gasteiger partial charge in [-0.1, -0.05) is 33.6 Å². The molecule has 3 N–H and O–H groups in total. The van der Waals surface area contributed by atoms with E-state index in [1.165, 1.54) is 25.7 Å². The number of amides is 1. The van der Waals surface area contributed by atoms with Crippen LogP contribution >= 0.6 is 0 Å². The summed E-state index contributed by atoms with van der Waals surface area (Å²) in [5.74, 6) is 1.34. The average molecular weight is 226 g/mol. The predicted molar refractivity (Wildman–Crippen MR) is 67.0 cm³/mol. The second-order valence-corrected chi connectivity index (χ2v) is 6.00. The van der Waals surface area contributed by atoms with E-state index >= 15 is 0 Å². The summed E-state index contributed by atoms with van der Waals surface area (Å²) in [6.07, 6.45) is 5.02. The molecule has 16 heavy (non-hydrogen) atoms. The molecule has 0 spiro atoms. The first-order chi connectivity index (χ1) is 7.45. The zero-order valence-corrected chi connectivity index (χ0v) is 10.9. The molecule has 1 saturated carbocycles. The van der Waals surface area contributed by atoms with Crippen molar-refractivity contribution in [2.24, 2.45) is 23.0 Å². The Labute approximate surface area is 99.2 Å². The Bertz CT molecular complexity index is 233. The number of rotatable bonds is 3. The summed E-state index contributed by atoms with van der Waals surface area (Å²) >= 11 is 0. The van der Waals surface area contributed by atoms with Gasteiger partial charge in [0.2, 0.25) is 5.91 Å². The van der Waals surface area contributed by atoms with Gasteiger partial charge >= 0.3 is 0 Å². The van der Waals surface area contributed by atoms with Crippen LogP contribution in [0.25, 0.3) is 0 Å². The lowest BCUT2D eigenvalue weighted by atomic mass is 9.79. The minimum Gasteiger partial charge on any atom is -0.355 e. The third-order valence-electron chi connectivity index (χ3n) is 3.58. The lowest BCUT2D eigenvalue weighted by molar-refractivity contribution is -0.128. The second-order valence-electron chi connectivity index (χ2n) is 6.00. The Kier molecular flexibility index (Phi) is 4.78. The van der Waals surface area contributed by atoms with Gasteiger partial charge in [0.1, 0.15) is 0 Å². The van der Waals surface area contributed by atoms with Gasteiger partial charge in [-0.2, -0.15) is 0 Å². The van der Waals surface area contributed by atoms with Crippen molar-refractivity contribution in [3.8, 4) is 0 Å². The van der Waals surface area contributed by atoms with Crippen molar-refractivity contribution >= 4 is 5.91 Å². The average Bonchev–Trinajstić information content (AvgIpc) is 2.24. The largest absolute Gasteiger partial charge is 0.355 e. The van der Waals surface area contributed by atoms with Crippen LogP contribution in [-0.2, 0) is 4.79 Å². The van der Waals surface area contributed by atoms with E-state index in [0.717, 1.165) is 13.1 Å². The lowest BCUT2D eigenvalue weighted by Crippen LogP contribution is -2.41. The topological polar surface area (TPSA) is 55.1 Å². The lowest BCUT2D eigenvalue weighted by Gasteiger charge is -2.31. The second kappa shape index (κ2) is 5.67. The molecule has 1 aliphatic rings. The highest BCUT2D eigenvalue weighted by Crippen LogP contribution is 2.28. The van der Waals surface area contributed by atoms with Crippen molar-refractivity contribution in [2.45, 2.75) is 46.5 Å². The smallest absolute Gasteiger partial charge is 0.225 e. The Hall–Kier alpha value is -0.570. The number of carbonyl (C=O) groups is 1. The van der Waals surface area contributed by atoms with Crippen LogP contribution in [-0.4, -0.2) is 19.0 Å². The van der Waals surface area contributed by atoms with Gasteiger partial charge < -0.3 is 11.1 Å². The molecule has 0 aromatic heterocycles. The van der Waals surface area contributed by atoms with Gasteiger partial charge in [0.25, 0.3) is 0 Å². The fourth-order valence-electron chi connectivity index (χ4n) is 2.35. The van der Waals surface area contributed by atoms with E-state index in [1.807, 2.05) is 20.8 Å². The SMILES string of the molecule is CC(C)(C)C(=O)NCC1CCCCC1CN. The number of nitrogens with two attached hydrogens (primary N) is 1. The Morgan fingerprint density at radius 2 is 1.81 bits per heavy atom. The van der Waals surface area contributed by atoms with E-state index in [4.69, 9.17) is 5.73 Å². The maximum absolute atomic E-state index is 11.8. The van der Waals surface area contributed by atoms with Crippen molar-refractivity contribution < 1.29 is 4.79 Å². The van der Waals surface area contributed by atoms with Crippen LogP contribution in [0.1, 0.15) is 46.5 Å². The van der Waals surface area contributed by atoms with E-state index in [9.17, 15) is 4.79 Å². The quantitative estimate of drug-likeness (QED) is 0.772. The van der Waals surface area contributed by atoms with Gasteiger partial charge in [-0.15, -0.1) is 0 Å². The summed E-state index contributed by atoms with van der Waals surface area (Å²) < 4.78 is 0. The van der Waals surface area contributed by atoms with Crippen LogP contribution in [0.3, 0.4) is 0 Å². The van der Waals surface area contributed by atoms with Gasteiger partial charge in [0.15, 0.2) is 0 Å². The van der Waals surface area contributed by atoms with E-state index in [1.54, 1.807) is 0 Å². The van der Waals surface area contributed by atoms with Gasteiger partial charge in [-0.05, 0) is 31.2 Å². The number of hydrogen-bond donors (Lipinski definition) is 2. The molecule has 0 saturated heterocycles. The monoisotopic (exact) mass is 226 g/mol. The summed E-state index contributed by atoms with van der Waals surface area (Å²) in [4.78, 5) is 11.8. The summed E-state index contributed by atoms with van der Waals surface area (Å²) in [5.41, 5.74) is 5.49. The molecule has 2 unspecified atom stereocenters. The first-order valence-electron chi connectivity index (χ1n) is 6.43. The normalized spacial score (nSPS) is 26.5. The zero-order chi connectivity index (χ0) is 12.2. The van der Waals surface area contributed by atoms with Gasteiger partial charge in [-0.3, -0.25) is 4.79 Å². The third kappa shape index (κ3) is 3.78. The summed E-state index contributed by atoms with van der Waals surface area (Å²) in [6, 6.07) is 0. The van der Waals surface area contributed by atoms with Crippen molar-refractivity contribution in [3.63, 3.8) is 0 Å². The van der Waals surface area contributed by atoms with Gasteiger partial charge in [0, 0.05) is 12.0 Å². The maximum atomic E-state index is 11.8. The Morgan fingerprint density at radius 3 is 2.31 bits per heavy atom. The third-order valence-corrected chi connectivity index (χ3v) is 3.58. The van der Waals surface area contributed by atoms with Crippen molar-refractivity contribution in [3.05, 3.63) is 0 Å². The molecule has 1 aliphatic carbocycles. The minimum absolute atomic E-state index is 0.147. The first-order valence-corrected chi connectivity index (χ1v) is 6.43. The molecule has 3 heteroatoms. The van der Waals surface area contributed by atoms with Crippen LogP contribution in [0.4, 0.5) is 0 Å². The highest BCUT2D eigenvalue weighted by atomic mass is 16.2. The molecule has 1 fully saturated rings. The van der Waals surface area contributed by atoms with E-state index in [2.05, 4.69) is 5.32 Å². The van der Waals surface area contributed by atoms with Gasteiger partial charge in [-0.25, -0.2) is 0 Å².